The number of anilines is 1. The van der Waals surface area contributed by atoms with E-state index in [0.717, 1.165) is 29.0 Å². The quantitative estimate of drug-likeness (QED) is 0.396. The van der Waals surface area contributed by atoms with Gasteiger partial charge in [-0.25, -0.2) is 0 Å². The molecule has 1 aliphatic rings. The van der Waals surface area contributed by atoms with Gasteiger partial charge < -0.3 is 5.32 Å². The number of fused-ring (bicyclic) bond motifs is 1. The van der Waals surface area contributed by atoms with Gasteiger partial charge in [-0.15, -0.1) is 11.3 Å². The first-order chi connectivity index (χ1) is 12.0. The van der Waals surface area contributed by atoms with Crippen molar-refractivity contribution in [3.8, 4) is 0 Å². The fourth-order valence-corrected chi connectivity index (χ4v) is 4.29. The van der Waals surface area contributed by atoms with Crippen LogP contribution in [0, 0.1) is 6.92 Å². The van der Waals surface area contributed by atoms with Crippen molar-refractivity contribution in [3.05, 3.63) is 50.2 Å². The van der Waals surface area contributed by atoms with Crippen molar-refractivity contribution in [2.45, 2.75) is 39.0 Å². The standard InChI is InChI=1S/C18H20ClN3OS2/c1-11-7-8-13(10-14(11)19)20-18(24)22-21-17(23)16-9-12-5-3-2-4-6-15(12)25-16/h7-10H,2-6H2,1H3,(H,21,23)(H2,20,22,24). The van der Waals surface area contributed by atoms with Crippen molar-refractivity contribution in [3.63, 3.8) is 0 Å². The molecule has 3 rings (SSSR count). The molecule has 1 amide bonds. The molecule has 25 heavy (non-hydrogen) atoms. The van der Waals surface area contributed by atoms with E-state index in [2.05, 4.69) is 16.2 Å². The Hall–Kier alpha value is -1.63. The molecule has 0 spiro atoms. The molecule has 4 nitrogen and oxygen atoms in total. The molecule has 0 fully saturated rings. The maximum absolute atomic E-state index is 12.3. The first-order valence-corrected chi connectivity index (χ1v) is 9.88. The molecule has 132 valence electrons. The van der Waals surface area contributed by atoms with Crippen LogP contribution in [-0.4, -0.2) is 11.0 Å². The molecule has 0 radical (unpaired) electrons. The Morgan fingerprint density at radius 2 is 1.96 bits per heavy atom. The van der Waals surface area contributed by atoms with Crippen LogP contribution in [0.5, 0.6) is 0 Å². The van der Waals surface area contributed by atoms with E-state index < -0.39 is 0 Å². The highest BCUT2D eigenvalue weighted by Crippen LogP contribution is 2.28. The van der Waals surface area contributed by atoms with Gasteiger partial charge in [0, 0.05) is 15.6 Å². The van der Waals surface area contributed by atoms with Gasteiger partial charge >= 0.3 is 0 Å². The van der Waals surface area contributed by atoms with Gasteiger partial charge in [-0.3, -0.25) is 15.6 Å². The average molecular weight is 394 g/mol. The van der Waals surface area contributed by atoms with Crippen molar-refractivity contribution in [2.24, 2.45) is 0 Å². The lowest BCUT2D eigenvalue weighted by atomic mass is 10.1. The van der Waals surface area contributed by atoms with Gasteiger partial charge in [0.05, 0.1) is 4.88 Å². The lowest BCUT2D eigenvalue weighted by molar-refractivity contribution is 0.0948. The molecule has 3 N–H and O–H groups in total. The number of hydrazine groups is 1. The largest absolute Gasteiger partial charge is 0.331 e. The molecule has 1 aromatic carbocycles. The summed E-state index contributed by atoms with van der Waals surface area (Å²) in [4.78, 5) is 14.4. The number of benzene rings is 1. The number of hydrogen-bond acceptors (Lipinski definition) is 3. The third-order valence-electron chi connectivity index (χ3n) is 4.19. The molecule has 0 saturated carbocycles. The number of rotatable bonds is 2. The minimum absolute atomic E-state index is 0.163. The predicted octanol–water partition coefficient (Wildman–Crippen LogP) is 4.61. The molecule has 0 aliphatic heterocycles. The molecule has 0 unspecified atom stereocenters. The molecule has 1 aliphatic carbocycles. The van der Waals surface area contributed by atoms with Gasteiger partial charge in [0.1, 0.15) is 0 Å². The van der Waals surface area contributed by atoms with Gasteiger partial charge in [0.25, 0.3) is 5.91 Å². The van der Waals surface area contributed by atoms with E-state index in [9.17, 15) is 4.79 Å². The molecule has 0 bridgehead atoms. The van der Waals surface area contributed by atoms with E-state index in [0.29, 0.717) is 10.1 Å². The van der Waals surface area contributed by atoms with Crippen LogP contribution in [0.4, 0.5) is 5.69 Å². The van der Waals surface area contributed by atoms with E-state index in [-0.39, 0.29) is 5.91 Å². The monoisotopic (exact) mass is 393 g/mol. The Morgan fingerprint density at radius 3 is 2.76 bits per heavy atom. The lowest BCUT2D eigenvalue weighted by Crippen LogP contribution is -2.43. The summed E-state index contributed by atoms with van der Waals surface area (Å²) in [5.41, 5.74) is 8.48. The smallest absolute Gasteiger partial charge is 0.279 e. The van der Waals surface area contributed by atoms with E-state index in [4.69, 9.17) is 23.8 Å². The van der Waals surface area contributed by atoms with E-state index in [1.54, 1.807) is 17.4 Å². The number of nitrogens with one attached hydrogen (secondary N) is 3. The second-order valence-electron chi connectivity index (χ2n) is 6.12. The fraction of sp³-hybridized carbons (Fsp3) is 0.333. The summed E-state index contributed by atoms with van der Waals surface area (Å²) in [5, 5.41) is 3.97. The van der Waals surface area contributed by atoms with E-state index in [1.807, 2.05) is 25.1 Å². The number of amides is 1. The van der Waals surface area contributed by atoms with E-state index >= 15 is 0 Å². The van der Waals surface area contributed by atoms with Crippen molar-refractivity contribution in [2.75, 3.05) is 5.32 Å². The van der Waals surface area contributed by atoms with Crippen molar-refractivity contribution in [1.82, 2.24) is 10.9 Å². The lowest BCUT2D eigenvalue weighted by Gasteiger charge is -2.11. The van der Waals surface area contributed by atoms with Crippen LogP contribution in [-0.2, 0) is 12.8 Å². The average Bonchev–Trinajstić information content (AvgIpc) is 2.87. The predicted molar refractivity (Wildman–Crippen MR) is 109 cm³/mol. The third kappa shape index (κ3) is 4.71. The Labute approximate surface area is 161 Å². The van der Waals surface area contributed by atoms with Crippen LogP contribution in [0.2, 0.25) is 5.02 Å². The zero-order valence-corrected chi connectivity index (χ0v) is 16.3. The molecule has 7 heteroatoms. The van der Waals surface area contributed by atoms with Gasteiger partial charge in [-0.1, -0.05) is 24.1 Å². The van der Waals surface area contributed by atoms with Crippen LogP contribution >= 0.6 is 35.2 Å². The van der Waals surface area contributed by atoms with Gasteiger partial charge in [-0.05, 0) is 74.2 Å². The molecule has 0 saturated heterocycles. The number of carbonyl (C=O) groups excluding carboxylic acids is 1. The number of carbonyl (C=O) groups is 1. The Morgan fingerprint density at radius 1 is 1.16 bits per heavy atom. The van der Waals surface area contributed by atoms with Crippen LogP contribution in [0.25, 0.3) is 0 Å². The third-order valence-corrected chi connectivity index (χ3v) is 6.04. The molecule has 2 aromatic rings. The molecular formula is C18H20ClN3OS2. The molecule has 1 aromatic heterocycles. The van der Waals surface area contributed by atoms with Crippen molar-refractivity contribution >= 4 is 51.9 Å². The molecule has 0 atom stereocenters. The highest BCUT2D eigenvalue weighted by atomic mass is 35.5. The van der Waals surface area contributed by atoms with Gasteiger partial charge in [0.2, 0.25) is 0 Å². The van der Waals surface area contributed by atoms with Crippen LogP contribution in [0.1, 0.15) is 44.9 Å². The molecular weight excluding hydrogens is 374 g/mol. The second-order valence-corrected chi connectivity index (χ2v) is 8.07. The zero-order valence-electron chi connectivity index (χ0n) is 13.9. The Balaban J connectivity index is 1.55. The van der Waals surface area contributed by atoms with Gasteiger partial charge in [0.15, 0.2) is 5.11 Å². The zero-order chi connectivity index (χ0) is 17.8. The number of thiophene rings is 1. The number of aryl methyl sites for hydroxylation is 3. The SMILES string of the molecule is Cc1ccc(NC(=S)NNC(=O)c2cc3c(s2)CCCCC3)cc1Cl. The maximum atomic E-state index is 12.3. The second kappa shape index (κ2) is 8.17. The van der Waals surface area contributed by atoms with Crippen molar-refractivity contribution < 1.29 is 4.79 Å². The number of thiocarbonyl (C=S) groups is 1. The summed E-state index contributed by atoms with van der Waals surface area (Å²) >= 11 is 12.9. The van der Waals surface area contributed by atoms with E-state index in [1.165, 1.54) is 29.7 Å². The summed E-state index contributed by atoms with van der Waals surface area (Å²) in [6, 6.07) is 7.60. The first-order valence-electron chi connectivity index (χ1n) is 8.28. The minimum Gasteiger partial charge on any atom is -0.331 e. The van der Waals surface area contributed by atoms with Gasteiger partial charge in [-0.2, -0.15) is 0 Å². The first kappa shape index (κ1) is 18.2. The minimum atomic E-state index is -0.163. The topological polar surface area (TPSA) is 53.2 Å². The number of halogens is 1. The molecule has 1 heterocycles. The van der Waals surface area contributed by atoms with Crippen LogP contribution in [0.3, 0.4) is 0 Å². The summed E-state index contributed by atoms with van der Waals surface area (Å²) in [7, 11) is 0. The number of hydrogen-bond donors (Lipinski definition) is 3. The highest BCUT2D eigenvalue weighted by molar-refractivity contribution is 7.80. The normalized spacial score (nSPS) is 13.5. The van der Waals surface area contributed by atoms with Crippen LogP contribution in [0.15, 0.2) is 24.3 Å². The summed E-state index contributed by atoms with van der Waals surface area (Å²) < 4.78 is 0. The Kier molecular flexibility index (Phi) is 5.93. The summed E-state index contributed by atoms with van der Waals surface area (Å²) in [5.74, 6) is -0.163. The van der Waals surface area contributed by atoms with Crippen molar-refractivity contribution in [1.29, 1.82) is 0 Å². The van der Waals surface area contributed by atoms with Crippen LogP contribution < -0.4 is 16.2 Å². The summed E-state index contributed by atoms with van der Waals surface area (Å²) in [6.45, 7) is 1.94. The maximum Gasteiger partial charge on any atom is 0.279 e. The Bertz CT molecular complexity index is 780. The highest BCUT2D eigenvalue weighted by Gasteiger charge is 2.16. The summed E-state index contributed by atoms with van der Waals surface area (Å²) in [6.07, 6.45) is 5.83. The fourth-order valence-electron chi connectivity index (χ4n) is 2.79.